The van der Waals surface area contributed by atoms with Crippen LogP contribution in [-0.4, -0.2) is 171 Å². The predicted molar refractivity (Wildman–Crippen MR) is 118 cm³/mol. The van der Waals surface area contributed by atoms with Crippen molar-refractivity contribution in [2.45, 2.75) is 99.0 Å². The van der Waals surface area contributed by atoms with E-state index in [1.54, 1.807) is 0 Å². The maximum Gasteiger partial charge on any atom is 0.217 e. The smallest absolute Gasteiger partial charge is 0.217 e. The molecule has 0 aliphatic carbocycles. The summed E-state index contributed by atoms with van der Waals surface area (Å²) in [5.74, 6) is -0.586. The van der Waals surface area contributed by atoms with E-state index in [1.165, 1.54) is 14.0 Å². The Kier molecular flexibility index (Phi) is 11.1. The fraction of sp³-hybridized carbons (Fsp3) is 0.952. The number of amides is 1. The molecule has 17 heteroatoms. The molecule has 3 fully saturated rings. The van der Waals surface area contributed by atoms with Gasteiger partial charge in [0.1, 0.15) is 73.2 Å². The third-order valence-electron chi connectivity index (χ3n) is 6.71. The van der Waals surface area contributed by atoms with Gasteiger partial charge in [0.05, 0.1) is 19.8 Å². The van der Waals surface area contributed by atoms with Gasteiger partial charge < -0.3 is 79.7 Å². The van der Waals surface area contributed by atoms with E-state index in [9.17, 15) is 50.8 Å². The fourth-order valence-electron chi connectivity index (χ4n) is 4.64. The first-order valence-corrected chi connectivity index (χ1v) is 12.0. The molecule has 0 aromatic carbocycles. The molecule has 0 radical (unpaired) electrons. The zero-order valence-electron chi connectivity index (χ0n) is 20.7. The highest BCUT2D eigenvalue weighted by molar-refractivity contribution is 5.73. The van der Waals surface area contributed by atoms with Crippen LogP contribution in [0.2, 0.25) is 0 Å². The molecule has 38 heavy (non-hydrogen) atoms. The third-order valence-corrected chi connectivity index (χ3v) is 6.71. The van der Waals surface area contributed by atoms with E-state index in [0.29, 0.717) is 0 Å². The normalized spacial score (nSPS) is 48.0. The topological polar surface area (TPSA) is 267 Å². The number of ether oxygens (including phenoxy) is 6. The third kappa shape index (κ3) is 6.43. The van der Waals surface area contributed by atoms with Crippen LogP contribution < -0.4 is 5.32 Å². The zero-order valence-corrected chi connectivity index (χ0v) is 20.7. The van der Waals surface area contributed by atoms with Crippen LogP contribution in [0, 0.1) is 0 Å². The van der Waals surface area contributed by atoms with E-state index >= 15 is 0 Å². The molecule has 15 atom stereocenters. The van der Waals surface area contributed by atoms with Crippen LogP contribution in [0.5, 0.6) is 0 Å². The van der Waals surface area contributed by atoms with E-state index in [-0.39, 0.29) is 0 Å². The van der Waals surface area contributed by atoms with Crippen molar-refractivity contribution in [3.8, 4) is 0 Å². The molecule has 3 heterocycles. The Hall–Kier alpha value is -1.13. The minimum absolute atomic E-state index is 0.586. The Bertz CT molecular complexity index is 759. The maximum atomic E-state index is 12.0. The first-order valence-electron chi connectivity index (χ1n) is 12.0. The molecule has 222 valence electrons. The number of nitrogens with one attached hydrogen (secondary N) is 1. The molecule has 3 rings (SSSR count). The van der Waals surface area contributed by atoms with Crippen LogP contribution in [0.1, 0.15) is 6.92 Å². The molecule has 0 aromatic rings. The summed E-state index contributed by atoms with van der Waals surface area (Å²) in [7, 11) is 1.23. The summed E-state index contributed by atoms with van der Waals surface area (Å²) in [4.78, 5) is 12.0. The predicted octanol–water partition coefficient (Wildman–Crippen LogP) is -6.78. The van der Waals surface area contributed by atoms with Crippen molar-refractivity contribution in [1.29, 1.82) is 0 Å². The van der Waals surface area contributed by atoms with Crippen molar-refractivity contribution < 1.29 is 79.2 Å². The molecule has 1 amide bonds. The van der Waals surface area contributed by atoms with Crippen LogP contribution >= 0.6 is 0 Å². The lowest BCUT2D eigenvalue weighted by atomic mass is 9.94. The zero-order chi connectivity index (χ0) is 28.3. The Morgan fingerprint density at radius 2 is 1.08 bits per heavy atom. The molecule has 0 unspecified atom stereocenters. The summed E-state index contributed by atoms with van der Waals surface area (Å²) in [6.07, 6.45) is -22.3. The van der Waals surface area contributed by atoms with Crippen molar-refractivity contribution in [2.24, 2.45) is 0 Å². The average molecular weight is 560 g/mol. The van der Waals surface area contributed by atoms with E-state index in [2.05, 4.69) is 5.32 Å². The molecular weight excluding hydrogens is 522 g/mol. The fourth-order valence-corrected chi connectivity index (χ4v) is 4.64. The Balaban J connectivity index is 1.96. The van der Waals surface area contributed by atoms with Crippen LogP contribution in [0.4, 0.5) is 0 Å². The van der Waals surface area contributed by atoms with Crippen LogP contribution in [0.25, 0.3) is 0 Å². The molecule has 0 spiro atoms. The highest BCUT2D eigenvalue weighted by Gasteiger charge is 2.54. The van der Waals surface area contributed by atoms with Gasteiger partial charge in [0, 0.05) is 14.0 Å². The number of carbonyl (C=O) groups is 1. The van der Waals surface area contributed by atoms with Crippen molar-refractivity contribution in [3.05, 3.63) is 0 Å². The van der Waals surface area contributed by atoms with Gasteiger partial charge in [0.25, 0.3) is 0 Å². The second-order valence-corrected chi connectivity index (χ2v) is 9.28. The molecule has 17 nitrogen and oxygen atoms in total. The monoisotopic (exact) mass is 559 g/mol. The molecule has 3 saturated heterocycles. The molecule has 3 aliphatic heterocycles. The summed E-state index contributed by atoms with van der Waals surface area (Å²) >= 11 is 0. The summed E-state index contributed by atoms with van der Waals surface area (Å²) in [6, 6.07) is -1.23. The number of aliphatic hydroxyl groups excluding tert-OH is 9. The number of carbonyl (C=O) groups excluding carboxylic acids is 1. The largest absolute Gasteiger partial charge is 0.394 e. The summed E-state index contributed by atoms with van der Waals surface area (Å²) in [5, 5.41) is 93.1. The van der Waals surface area contributed by atoms with E-state index in [0.717, 1.165) is 0 Å². The first-order chi connectivity index (χ1) is 18.0. The molecule has 0 bridgehead atoms. The van der Waals surface area contributed by atoms with Crippen molar-refractivity contribution >= 4 is 5.91 Å². The van der Waals surface area contributed by atoms with E-state index in [4.69, 9.17) is 28.4 Å². The first kappa shape index (κ1) is 31.4. The maximum absolute atomic E-state index is 12.0. The van der Waals surface area contributed by atoms with Crippen LogP contribution in [0.3, 0.4) is 0 Å². The molecular formula is C21H37NO16. The Morgan fingerprint density at radius 1 is 0.658 bits per heavy atom. The quantitative estimate of drug-likeness (QED) is 0.126. The minimum Gasteiger partial charge on any atom is -0.394 e. The Labute approximate surface area is 217 Å². The average Bonchev–Trinajstić information content (AvgIpc) is 2.90. The van der Waals surface area contributed by atoms with Gasteiger partial charge in [0.2, 0.25) is 5.91 Å². The van der Waals surface area contributed by atoms with Gasteiger partial charge in [-0.2, -0.15) is 0 Å². The van der Waals surface area contributed by atoms with Crippen molar-refractivity contribution in [1.82, 2.24) is 5.32 Å². The number of hydrogen-bond donors (Lipinski definition) is 10. The number of methoxy groups -OCH3 is 1. The number of aliphatic hydroxyl groups is 9. The number of hydrogen-bond acceptors (Lipinski definition) is 16. The molecule has 0 aromatic heterocycles. The van der Waals surface area contributed by atoms with Crippen LogP contribution in [-0.2, 0) is 33.2 Å². The second kappa shape index (κ2) is 13.5. The van der Waals surface area contributed by atoms with Gasteiger partial charge in [0.15, 0.2) is 18.9 Å². The van der Waals surface area contributed by atoms with Gasteiger partial charge in [-0.15, -0.1) is 0 Å². The lowest BCUT2D eigenvalue weighted by Crippen LogP contribution is -2.69. The van der Waals surface area contributed by atoms with Gasteiger partial charge in [-0.25, -0.2) is 0 Å². The molecule has 3 aliphatic rings. The summed E-state index contributed by atoms with van der Waals surface area (Å²) in [5.41, 5.74) is 0. The molecule has 0 saturated carbocycles. The van der Waals surface area contributed by atoms with E-state index in [1.807, 2.05) is 0 Å². The van der Waals surface area contributed by atoms with Crippen LogP contribution in [0.15, 0.2) is 0 Å². The summed E-state index contributed by atoms with van der Waals surface area (Å²) < 4.78 is 33.5. The second-order valence-electron chi connectivity index (χ2n) is 9.28. The highest BCUT2D eigenvalue weighted by atomic mass is 16.8. The van der Waals surface area contributed by atoms with Gasteiger partial charge in [-0.1, -0.05) is 0 Å². The van der Waals surface area contributed by atoms with Gasteiger partial charge >= 0.3 is 0 Å². The van der Waals surface area contributed by atoms with Crippen molar-refractivity contribution in [2.75, 3.05) is 26.9 Å². The highest BCUT2D eigenvalue weighted by Crippen LogP contribution is 2.33. The van der Waals surface area contributed by atoms with Gasteiger partial charge in [-0.05, 0) is 0 Å². The SMILES string of the molecule is CO[C@H]1O[C@H](CO)[C@H](O[C@H]2O[C@H](CO)[C@@H](O)[C@H](O)[C@H]2O)[C@H](O[C@@H]2O[C@H](CO)[C@@H](O)[C@H](O)[C@H]2O)[C@H]1NC(C)=O. The van der Waals surface area contributed by atoms with Crippen molar-refractivity contribution in [3.63, 3.8) is 0 Å². The van der Waals surface area contributed by atoms with E-state index < -0.39 is 118 Å². The summed E-state index contributed by atoms with van der Waals surface area (Å²) in [6.45, 7) is -1.06. The Morgan fingerprint density at radius 3 is 1.47 bits per heavy atom. The lowest BCUT2D eigenvalue weighted by molar-refractivity contribution is -0.373. The lowest BCUT2D eigenvalue weighted by Gasteiger charge is -2.50. The molecule has 10 N–H and O–H groups in total. The number of rotatable bonds is 9. The van der Waals surface area contributed by atoms with Gasteiger partial charge in [-0.3, -0.25) is 4.79 Å². The standard InChI is InChI=1S/C21H37NO16/c1-6(26)22-10-18(38-21-16(32)14(30)12(28)8(4-24)35-21)17(9(5-25)36-19(10)33-2)37-20-15(31)13(29)11(27)7(3-23)34-20/h7-21,23-25,27-32H,3-5H2,1-2H3,(H,22,26)/t7-,8-,9-,10-,11-,12-,13+,14+,15-,16-,17+,18-,19+,20-,21+/m1/s1. The minimum atomic E-state index is -1.85.